The van der Waals surface area contributed by atoms with Crippen LogP contribution in [-0.2, 0) is 0 Å². The lowest BCUT2D eigenvalue weighted by Gasteiger charge is -2.37. The number of rotatable bonds is 4. The maximum atomic E-state index is 14.8. The van der Waals surface area contributed by atoms with Crippen LogP contribution >= 0.6 is 17.0 Å². The fourth-order valence-electron chi connectivity index (χ4n) is 5.80. The second kappa shape index (κ2) is 10.6. The van der Waals surface area contributed by atoms with Gasteiger partial charge in [-0.3, -0.25) is 5.10 Å². The summed E-state index contributed by atoms with van der Waals surface area (Å²) in [4.78, 5) is 9.52. The molecular weight excluding hydrogens is 549 g/mol. The number of halogens is 2. The zero-order chi connectivity index (χ0) is 25.5. The molecule has 10 heteroatoms. The molecule has 0 aliphatic carbocycles. The molecule has 6 rings (SSSR count). The van der Waals surface area contributed by atoms with E-state index in [0.29, 0.717) is 28.5 Å². The molecule has 0 amide bonds. The van der Waals surface area contributed by atoms with E-state index in [9.17, 15) is 14.8 Å². The molecule has 0 bridgehead atoms. The van der Waals surface area contributed by atoms with Gasteiger partial charge in [-0.05, 0) is 68.6 Å². The molecule has 4 N–H and O–H groups in total. The number of benzene rings is 2. The van der Waals surface area contributed by atoms with E-state index in [0.717, 1.165) is 30.4 Å². The Hall–Kier alpha value is -3.68. The summed E-state index contributed by atoms with van der Waals surface area (Å²) in [6.45, 7) is 4.49. The minimum atomic E-state index is -0.675. The molecule has 0 unspecified atom stereocenters. The van der Waals surface area contributed by atoms with Gasteiger partial charge < -0.3 is 20.6 Å². The smallest absolute Gasteiger partial charge is 0.184 e. The number of phenolic OH excluding ortho intramolecular Hbond substituents is 1. The van der Waals surface area contributed by atoms with Gasteiger partial charge in [-0.25, -0.2) is 9.37 Å². The number of phenols is 1. The summed E-state index contributed by atoms with van der Waals surface area (Å²) < 4.78 is 14.8. The Labute approximate surface area is 230 Å². The highest BCUT2D eigenvalue weighted by molar-refractivity contribution is 8.93. The minimum Gasteiger partial charge on any atom is -0.508 e. The molecule has 2 aliphatic heterocycles. The van der Waals surface area contributed by atoms with Gasteiger partial charge >= 0.3 is 0 Å². The molecule has 0 atom stereocenters. The van der Waals surface area contributed by atoms with Crippen LogP contribution in [0.4, 0.5) is 15.9 Å². The number of H-pyrrole nitrogens is 1. The summed E-state index contributed by atoms with van der Waals surface area (Å²) >= 11 is 0. The van der Waals surface area contributed by atoms with Gasteiger partial charge in [-0.15, -0.1) is 17.0 Å². The average molecular weight is 578 g/mol. The van der Waals surface area contributed by atoms with Crippen molar-refractivity contribution in [3.63, 3.8) is 0 Å². The van der Waals surface area contributed by atoms with E-state index in [4.69, 9.17) is 5.73 Å². The lowest BCUT2D eigenvalue weighted by Crippen LogP contribution is -2.43. The number of nitrogens with zero attached hydrogens (tertiary/aromatic N) is 5. The molecule has 2 aromatic carbocycles. The van der Waals surface area contributed by atoms with Crippen molar-refractivity contribution in [3.8, 4) is 34.2 Å². The van der Waals surface area contributed by atoms with Crippen molar-refractivity contribution >= 4 is 39.5 Å². The average Bonchev–Trinajstić information content (AvgIpc) is 3.58. The number of anilines is 2. The first-order valence-corrected chi connectivity index (χ1v) is 12.7. The van der Waals surface area contributed by atoms with Crippen LogP contribution in [0.2, 0.25) is 0 Å². The number of nitrogens with two attached hydrogens (primary N) is 1. The number of nitrogen functional groups attached to an aromatic ring is 1. The van der Waals surface area contributed by atoms with E-state index in [1.807, 2.05) is 12.1 Å². The Bertz CT molecular complexity index is 1500. The van der Waals surface area contributed by atoms with Crippen molar-refractivity contribution in [1.29, 1.82) is 5.26 Å². The summed E-state index contributed by atoms with van der Waals surface area (Å²) in [6.07, 6.45) is 4.96. The topological polar surface area (TPSA) is 118 Å². The van der Waals surface area contributed by atoms with Gasteiger partial charge in [-0.1, -0.05) is 12.1 Å². The molecule has 2 aromatic heterocycles. The van der Waals surface area contributed by atoms with Gasteiger partial charge in [0.1, 0.15) is 23.5 Å². The third-order valence-corrected chi connectivity index (χ3v) is 7.69. The molecule has 38 heavy (non-hydrogen) atoms. The number of pyridine rings is 1. The van der Waals surface area contributed by atoms with E-state index < -0.39 is 5.82 Å². The van der Waals surface area contributed by atoms with Crippen LogP contribution in [0.25, 0.3) is 33.4 Å². The van der Waals surface area contributed by atoms with Crippen molar-refractivity contribution in [2.45, 2.75) is 31.7 Å². The number of likely N-dealkylation sites (tertiary alicyclic amines) is 1. The molecule has 0 saturated carbocycles. The number of nitrogens with one attached hydrogen (secondary N) is 1. The minimum absolute atomic E-state index is 0. The van der Waals surface area contributed by atoms with Crippen molar-refractivity contribution in [1.82, 2.24) is 20.1 Å². The molecule has 4 heterocycles. The Morgan fingerprint density at radius 3 is 2.42 bits per heavy atom. The molecular formula is C28H29BrFN7O. The van der Waals surface area contributed by atoms with Crippen LogP contribution in [0.3, 0.4) is 0 Å². The number of aromatic nitrogens is 3. The predicted octanol–water partition coefficient (Wildman–Crippen LogP) is 5.23. The Morgan fingerprint density at radius 1 is 1.05 bits per heavy atom. The maximum Gasteiger partial charge on any atom is 0.184 e. The van der Waals surface area contributed by atoms with Gasteiger partial charge in [0, 0.05) is 42.0 Å². The SMILES string of the molecule is Br.N#Cc1c(-c2ccc(O)cc2F)nc2n[nH]c(N)c2c1-c1ccc(N2CCC(N3CCCC3)CC2)cc1. The van der Waals surface area contributed by atoms with E-state index in [1.54, 1.807) is 0 Å². The highest BCUT2D eigenvalue weighted by atomic mass is 79.9. The zero-order valence-electron chi connectivity index (χ0n) is 20.8. The lowest BCUT2D eigenvalue weighted by atomic mass is 9.93. The van der Waals surface area contributed by atoms with Crippen molar-refractivity contribution in [2.24, 2.45) is 0 Å². The summed E-state index contributed by atoms with van der Waals surface area (Å²) in [5.41, 5.74) is 9.42. The van der Waals surface area contributed by atoms with E-state index >= 15 is 0 Å². The molecule has 2 saturated heterocycles. The number of aromatic amines is 1. The second-order valence-electron chi connectivity index (χ2n) is 9.83. The molecule has 196 valence electrons. The molecule has 8 nitrogen and oxygen atoms in total. The molecule has 2 fully saturated rings. The normalized spacial score (nSPS) is 16.5. The van der Waals surface area contributed by atoms with Crippen LogP contribution in [-0.4, -0.2) is 57.4 Å². The number of hydrogen-bond donors (Lipinski definition) is 3. The molecule has 0 radical (unpaired) electrons. The standard InChI is InChI=1S/C28H28FN7O.BrH/c29-23-15-20(37)7-8-21(23)26-22(16-30)24(25-27(31)33-34-28(25)32-26)17-3-5-18(6-4-17)36-13-9-19(10-14-36)35-11-1-2-12-35;/h3-8,15,19,37H,1-2,9-14H2,(H3,31,32,33,34);1H. The van der Waals surface area contributed by atoms with Crippen LogP contribution in [0.15, 0.2) is 42.5 Å². The Morgan fingerprint density at radius 2 is 1.76 bits per heavy atom. The third kappa shape index (κ3) is 4.57. The lowest BCUT2D eigenvalue weighted by molar-refractivity contribution is 0.208. The summed E-state index contributed by atoms with van der Waals surface area (Å²) in [7, 11) is 0. The largest absolute Gasteiger partial charge is 0.508 e. The number of aromatic hydroxyl groups is 1. The van der Waals surface area contributed by atoms with Gasteiger partial charge in [0.15, 0.2) is 5.65 Å². The van der Waals surface area contributed by atoms with E-state index in [1.165, 1.54) is 50.9 Å². The second-order valence-corrected chi connectivity index (χ2v) is 9.83. The number of hydrogen-bond acceptors (Lipinski definition) is 7. The van der Waals surface area contributed by atoms with Gasteiger partial charge in [0.2, 0.25) is 0 Å². The number of piperidine rings is 1. The fraction of sp³-hybridized carbons (Fsp3) is 0.321. The van der Waals surface area contributed by atoms with Gasteiger partial charge in [0.25, 0.3) is 0 Å². The predicted molar refractivity (Wildman–Crippen MR) is 152 cm³/mol. The first-order chi connectivity index (χ1) is 18.0. The first kappa shape index (κ1) is 25.9. The fourth-order valence-corrected chi connectivity index (χ4v) is 5.80. The van der Waals surface area contributed by atoms with Crippen LogP contribution in [0, 0.1) is 17.1 Å². The maximum absolute atomic E-state index is 14.8. The monoisotopic (exact) mass is 577 g/mol. The van der Waals surface area contributed by atoms with Crippen LogP contribution in [0.5, 0.6) is 5.75 Å². The Kier molecular flexibility index (Phi) is 7.23. The van der Waals surface area contributed by atoms with Crippen molar-refractivity contribution in [2.75, 3.05) is 36.8 Å². The highest BCUT2D eigenvalue weighted by Gasteiger charge is 2.27. The summed E-state index contributed by atoms with van der Waals surface area (Å²) in [5.74, 6) is -0.588. The van der Waals surface area contributed by atoms with Crippen LogP contribution < -0.4 is 10.6 Å². The highest BCUT2D eigenvalue weighted by Crippen LogP contribution is 2.40. The Balaban J connectivity index is 0.00000294. The first-order valence-electron chi connectivity index (χ1n) is 12.7. The third-order valence-electron chi connectivity index (χ3n) is 7.69. The zero-order valence-corrected chi connectivity index (χ0v) is 22.5. The van der Waals surface area contributed by atoms with Crippen molar-refractivity contribution < 1.29 is 9.50 Å². The number of fused-ring (bicyclic) bond motifs is 1. The molecule has 2 aliphatic rings. The van der Waals surface area contributed by atoms with E-state index in [2.05, 4.69) is 43.2 Å². The summed E-state index contributed by atoms with van der Waals surface area (Å²) in [5, 5.41) is 27.3. The van der Waals surface area contributed by atoms with E-state index in [-0.39, 0.29) is 39.6 Å². The molecule has 0 spiro atoms. The number of nitriles is 1. The van der Waals surface area contributed by atoms with Crippen molar-refractivity contribution in [3.05, 3.63) is 53.8 Å². The van der Waals surface area contributed by atoms with Crippen LogP contribution in [0.1, 0.15) is 31.2 Å². The summed E-state index contributed by atoms with van der Waals surface area (Å²) in [6, 6.07) is 14.8. The quantitative estimate of drug-likeness (QED) is 0.304. The van der Waals surface area contributed by atoms with Gasteiger partial charge in [0.05, 0.1) is 16.6 Å². The molecule has 4 aromatic rings. The van der Waals surface area contributed by atoms with Gasteiger partial charge in [-0.2, -0.15) is 10.4 Å².